The van der Waals surface area contributed by atoms with Crippen LogP contribution >= 0.6 is 0 Å². The van der Waals surface area contributed by atoms with Crippen LogP contribution in [0.2, 0.25) is 0 Å². The number of carboxylic acids is 1. The van der Waals surface area contributed by atoms with Crippen LogP contribution in [0.4, 0.5) is 0 Å². The van der Waals surface area contributed by atoms with E-state index in [0.29, 0.717) is 59.3 Å². The van der Waals surface area contributed by atoms with E-state index in [1.54, 1.807) is 0 Å². The number of nitrogens with two attached hydrogens (primary N) is 1. The van der Waals surface area contributed by atoms with Crippen LogP contribution in [0.5, 0.6) is 0 Å². The maximum atomic E-state index is 10.4. The molecule has 0 aromatic heterocycles. The number of ether oxygens (including phenoxy) is 3. The molecular weight excluding hydrogens is 451 g/mol. The molecule has 0 aliphatic heterocycles. The van der Waals surface area contributed by atoms with Crippen molar-refractivity contribution in [3.8, 4) is 0 Å². The van der Waals surface area contributed by atoms with E-state index in [9.17, 15) is 4.79 Å². The number of unbranched alkanes of at least 4 members (excludes halogenated alkanes) is 12. The molecule has 0 radical (unpaired) electrons. The molecule has 0 saturated carbocycles. The Labute approximate surface area is 228 Å². The summed E-state index contributed by atoms with van der Waals surface area (Å²) in [5, 5.41) is 12.5. The van der Waals surface area contributed by atoms with Gasteiger partial charge in [0.05, 0.1) is 46.2 Å². The Kier molecular flexibility index (Phi) is 34.6. The number of hydrogen-bond donors (Lipinski definition) is 2. The van der Waals surface area contributed by atoms with Crippen molar-refractivity contribution in [3.05, 3.63) is 0 Å². The van der Waals surface area contributed by atoms with Gasteiger partial charge in [-0.1, -0.05) is 69.4 Å². The molecule has 0 amide bonds. The average molecular weight is 501 g/mol. The molecule has 10 heteroatoms. The van der Waals surface area contributed by atoms with Crippen molar-refractivity contribution < 1.29 is 33.8 Å². The summed E-state index contributed by atoms with van der Waals surface area (Å²) in [5.41, 5.74) is 0. The van der Waals surface area contributed by atoms with Crippen molar-refractivity contribution in [1.29, 1.82) is 0 Å². The van der Waals surface area contributed by atoms with Gasteiger partial charge in [-0.3, -0.25) is 4.79 Å². The molecule has 0 spiro atoms. The van der Waals surface area contributed by atoms with Gasteiger partial charge in [0, 0.05) is 12.6 Å². The molecule has 0 saturated heterocycles. The third-order valence-electron chi connectivity index (χ3n) is 5.03. The first-order valence-electron chi connectivity index (χ1n) is 12.7. The monoisotopic (exact) mass is 500 g/mol. The quantitative estimate of drug-likeness (QED) is 0.0719. The van der Waals surface area contributed by atoms with Gasteiger partial charge in [-0.25, -0.2) is 5.90 Å². The number of carbonyl (C=O) groups is 1. The summed E-state index contributed by atoms with van der Waals surface area (Å²) in [5.74, 6) is 4.20. The van der Waals surface area contributed by atoms with Crippen LogP contribution in [0.25, 0.3) is 0 Å². The summed E-state index contributed by atoms with van der Waals surface area (Å²) in [7, 11) is 0. The topological polar surface area (TPSA) is 122 Å². The van der Waals surface area contributed by atoms with Crippen molar-refractivity contribution >= 4 is 41.7 Å². The SMILES string of the molecule is NOCCOCCOCCOCCON=CCCCCCCCCCCCCCCC(=O)O.[NaH]. The van der Waals surface area contributed by atoms with Gasteiger partial charge in [0.15, 0.2) is 0 Å². The summed E-state index contributed by atoms with van der Waals surface area (Å²) < 4.78 is 16.0. The van der Waals surface area contributed by atoms with Gasteiger partial charge < -0.3 is 29.0 Å². The zero-order valence-corrected chi connectivity index (χ0v) is 20.6. The predicted octanol–water partition coefficient (Wildman–Crippen LogP) is 3.83. The van der Waals surface area contributed by atoms with Crippen molar-refractivity contribution in [2.24, 2.45) is 11.1 Å². The molecule has 0 heterocycles. The molecule has 34 heavy (non-hydrogen) atoms. The number of carboxylic acid groups (broad SMARTS) is 1. The molecule has 0 unspecified atom stereocenters. The summed E-state index contributed by atoms with van der Waals surface area (Å²) in [6, 6.07) is 0. The second-order valence-corrected chi connectivity index (χ2v) is 8.00. The van der Waals surface area contributed by atoms with Crippen LogP contribution in [0, 0.1) is 0 Å². The van der Waals surface area contributed by atoms with Gasteiger partial charge in [0.25, 0.3) is 0 Å². The number of oxime groups is 1. The van der Waals surface area contributed by atoms with Crippen LogP contribution in [0.1, 0.15) is 89.9 Å². The Bertz CT molecular complexity index is 432. The number of rotatable bonds is 28. The molecule has 198 valence electrons. The van der Waals surface area contributed by atoms with E-state index in [4.69, 9.17) is 30.1 Å². The zero-order chi connectivity index (χ0) is 24.1. The third-order valence-corrected chi connectivity index (χ3v) is 5.03. The fraction of sp³-hybridized carbons (Fsp3) is 0.917. The van der Waals surface area contributed by atoms with E-state index in [2.05, 4.69) is 9.99 Å². The molecule has 0 rings (SSSR count). The molecule has 0 aliphatic rings. The number of nitrogens with zero attached hydrogens (tertiary/aromatic N) is 1. The van der Waals surface area contributed by atoms with Gasteiger partial charge in [0.1, 0.15) is 6.61 Å². The van der Waals surface area contributed by atoms with E-state index in [-0.39, 0.29) is 29.6 Å². The van der Waals surface area contributed by atoms with Crippen LogP contribution in [0.15, 0.2) is 5.16 Å². The molecule has 0 aliphatic carbocycles. The minimum absolute atomic E-state index is 0. The third kappa shape index (κ3) is 33.9. The molecule has 0 aromatic carbocycles. The van der Waals surface area contributed by atoms with Gasteiger partial charge in [-0.2, -0.15) is 0 Å². The number of hydrogen-bond acceptors (Lipinski definition) is 8. The Morgan fingerprint density at radius 3 is 1.53 bits per heavy atom. The first kappa shape index (κ1) is 35.9. The maximum absolute atomic E-state index is 10.4. The molecule has 9 nitrogen and oxygen atoms in total. The Morgan fingerprint density at radius 1 is 0.647 bits per heavy atom. The fourth-order valence-electron chi connectivity index (χ4n) is 3.18. The van der Waals surface area contributed by atoms with Crippen LogP contribution in [-0.4, -0.2) is 99.7 Å². The van der Waals surface area contributed by atoms with Gasteiger partial charge in [-0.05, 0) is 19.3 Å². The summed E-state index contributed by atoms with van der Waals surface area (Å²) in [4.78, 5) is 20.0. The normalized spacial score (nSPS) is 11.1. The molecule has 0 fully saturated rings. The Morgan fingerprint density at radius 2 is 1.06 bits per heavy atom. The van der Waals surface area contributed by atoms with E-state index in [1.165, 1.54) is 57.8 Å². The van der Waals surface area contributed by atoms with Gasteiger partial charge in [0.2, 0.25) is 0 Å². The van der Waals surface area contributed by atoms with E-state index in [1.807, 2.05) is 6.21 Å². The first-order chi connectivity index (χ1) is 16.3. The summed E-state index contributed by atoms with van der Waals surface area (Å²) >= 11 is 0. The standard InChI is InChI=1S/C24H48N2O7.Na.H/c25-32-22-20-30-18-16-29-17-19-31-21-23-33-26-15-13-11-9-7-5-3-1-2-4-6-8-10-12-14-24(27)28;;/h15H,1-14,16-23,25H2,(H,27,28);;. The van der Waals surface area contributed by atoms with Crippen molar-refractivity contribution in [2.75, 3.05) is 52.9 Å². The second-order valence-electron chi connectivity index (χ2n) is 8.00. The van der Waals surface area contributed by atoms with Crippen LogP contribution in [0.3, 0.4) is 0 Å². The summed E-state index contributed by atoms with van der Waals surface area (Å²) in [6.07, 6.45) is 17.6. The fourth-order valence-corrected chi connectivity index (χ4v) is 3.18. The first-order valence-corrected chi connectivity index (χ1v) is 12.7. The molecule has 3 N–H and O–H groups in total. The molecule has 0 bridgehead atoms. The van der Waals surface area contributed by atoms with E-state index < -0.39 is 5.97 Å². The van der Waals surface area contributed by atoms with Gasteiger partial charge >= 0.3 is 35.5 Å². The molecule has 0 aromatic rings. The van der Waals surface area contributed by atoms with E-state index in [0.717, 1.165) is 25.7 Å². The summed E-state index contributed by atoms with van der Waals surface area (Å²) in [6.45, 7) is 3.87. The molecule has 0 atom stereocenters. The minimum atomic E-state index is -0.677. The Balaban J connectivity index is 0. The second kappa shape index (κ2) is 32.7. The average Bonchev–Trinajstić information content (AvgIpc) is 2.80. The van der Waals surface area contributed by atoms with Crippen molar-refractivity contribution in [2.45, 2.75) is 89.9 Å². The van der Waals surface area contributed by atoms with Gasteiger partial charge in [-0.15, -0.1) is 0 Å². The number of aliphatic carboxylic acids is 1. The molecular formula is C24H49N2NaO7. The van der Waals surface area contributed by atoms with Crippen LogP contribution in [-0.2, 0) is 28.7 Å². The van der Waals surface area contributed by atoms with E-state index >= 15 is 0 Å². The van der Waals surface area contributed by atoms with Crippen LogP contribution < -0.4 is 5.90 Å². The van der Waals surface area contributed by atoms with Crippen molar-refractivity contribution in [3.63, 3.8) is 0 Å². The van der Waals surface area contributed by atoms with Crippen molar-refractivity contribution in [1.82, 2.24) is 0 Å². The Hall–Kier alpha value is -0.260. The zero-order valence-electron chi connectivity index (χ0n) is 20.6. The predicted molar refractivity (Wildman–Crippen MR) is 136 cm³/mol.